The lowest BCUT2D eigenvalue weighted by atomic mass is 10.3. The van der Waals surface area contributed by atoms with Crippen LogP contribution in [-0.2, 0) is 0 Å². The van der Waals surface area contributed by atoms with E-state index in [1.807, 2.05) is 12.1 Å². The van der Waals surface area contributed by atoms with Gasteiger partial charge in [0.2, 0.25) is 0 Å². The summed E-state index contributed by atoms with van der Waals surface area (Å²) >= 11 is 13.7. The SMILES string of the molecule is C=C(Br)CNc1c(Br)cc(Br)cc1Br. The zero-order valence-corrected chi connectivity index (χ0v) is 13.4. The summed E-state index contributed by atoms with van der Waals surface area (Å²) in [6, 6.07) is 3.98. The minimum atomic E-state index is 0.693. The van der Waals surface area contributed by atoms with Crippen molar-refractivity contribution < 1.29 is 0 Å². The highest BCUT2D eigenvalue weighted by Crippen LogP contribution is 2.34. The third kappa shape index (κ3) is 3.68. The average Bonchev–Trinajstić information content (AvgIpc) is 2.01. The van der Waals surface area contributed by atoms with Crippen LogP contribution in [0.15, 0.2) is 36.6 Å². The van der Waals surface area contributed by atoms with E-state index in [9.17, 15) is 0 Å². The molecular formula is C9H7Br4N. The molecule has 0 aliphatic rings. The van der Waals surface area contributed by atoms with Gasteiger partial charge in [0, 0.05) is 24.4 Å². The average molecular weight is 449 g/mol. The molecule has 1 aromatic rings. The van der Waals surface area contributed by atoms with Crippen LogP contribution in [0.5, 0.6) is 0 Å². The van der Waals surface area contributed by atoms with E-state index in [4.69, 9.17) is 0 Å². The predicted molar refractivity (Wildman–Crippen MR) is 76.1 cm³/mol. The number of halogens is 4. The number of hydrogen-bond donors (Lipinski definition) is 1. The van der Waals surface area contributed by atoms with Gasteiger partial charge in [-0.2, -0.15) is 0 Å². The fourth-order valence-corrected chi connectivity index (χ4v) is 3.57. The lowest BCUT2D eigenvalue weighted by Gasteiger charge is -2.10. The van der Waals surface area contributed by atoms with Gasteiger partial charge in [-0.05, 0) is 44.0 Å². The third-order valence-electron chi connectivity index (χ3n) is 1.46. The Morgan fingerprint density at radius 3 is 2.14 bits per heavy atom. The van der Waals surface area contributed by atoms with Crippen LogP contribution in [0.1, 0.15) is 0 Å². The predicted octanol–water partition coefficient (Wildman–Crippen LogP) is 5.29. The van der Waals surface area contributed by atoms with Crippen molar-refractivity contribution in [2.75, 3.05) is 11.9 Å². The maximum atomic E-state index is 3.76. The molecule has 0 radical (unpaired) electrons. The Morgan fingerprint density at radius 1 is 1.21 bits per heavy atom. The normalized spacial score (nSPS) is 10.0. The van der Waals surface area contributed by atoms with Crippen molar-refractivity contribution in [1.29, 1.82) is 0 Å². The highest BCUT2D eigenvalue weighted by molar-refractivity contribution is 9.12. The van der Waals surface area contributed by atoms with Crippen LogP contribution in [0.25, 0.3) is 0 Å². The molecule has 0 amide bonds. The molecule has 0 atom stereocenters. The van der Waals surface area contributed by atoms with Crippen molar-refractivity contribution in [1.82, 2.24) is 0 Å². The molecule has 5 heteroatoms. The standard InChI is InChI=1S/C9H7Br4N/c1-5(10)4-14-9-7(12)2-6(11)3-8(9)13/h2-3,14H,1,4H2. The van der Waals surface area contributed by atoms with Gasteiger partial charge in [-0.3, -0.25) is 0 Å². The van der Waals surface area contributed by atoms with Gasteiger partial charge < -0.3 is 5.32 Å². The molecule has 14 heavy (non-hydrogen) atoms. The quantitative estimate of drug-likeness (QED) is 0.662. The van der Waals surface area contributed by atoms with Crippen LogP contribution in [0, 0.1) is 0 Å². The van der Waals surface area contributed by atoms with Crippen LogP contribution in [0.4, 0.5) is 5.69 Å². The van der Waals surface area contributed by atoms with Crippen molar-refractivity contribution in [2.24, 2.45) is 0 Å². The Balaban J connectivity index is 2.91. The summed E-state index contributed by atoms with van der Waals surface area (Å²) in [6.45, 7) is 4.45. The van der Waals surface area contributed by atoms with Crippen molar-refractivity contribution in [3.05, 3.63) is 36.6 Å². The molecule has 0 unspecified atom stereocenters. The zero-order chi connectivity index (χ0) is 10.7. The van der Waals surface area contributed by atoms with Crippen LogP contribution < -0.4 is 5.32 Å². The van der Waals surface area contributed by atoms with Crippen LogP contribution >= 0.6 is 63.7 Å². The summed E-state index contributed by atoms with van der Waals surface area (Å²) in [7, 11) is 0. The Hall–Kier alpha value is 0.680. The number of hydrogen-bond acceptors (Lipinski definition) is 1. The van der Waals surface area contributed by atoms with Crippen molar-refractivity contribution in [3.8, 4) is 0 Å². The first-order valence-corrected chi connectivity index (χ1v) is 6.89. The molecule has 0 saturated carbocycles. The van der Waals surface area contributed by atoms with E-state index >= 15 is 0 Å². The van der Waals surface area contributed by atoms with Gasteiger partial charge in [0.25, 0.3) is 0 Å². The molecule has 76 valence electrons. The molecule has 1 rings (SSSR count). The van der Waals surface area contributed by atoms with Crippen molar-refractivity contribution in [3.63, 3.8) is 0 Å². The van der Waals surface area contributed by atoms with Crippen LogP contribution in [0.2, 0.25) is 0 Å². The maximum absolute atomic E-state index is 3.76. The lowest BCUT2D eigenvalue weighted by molar-refractivity contribution is 1.30. The van der Waals surface area contributed by atoms with Gasteiger partial charge in [0.05, 0.1) is 5.69 Å². The second-order valence-electron chi connectivity index (χ2n) is 2.62. The molecule has 0 spiro atoms. The maximum Gasteiger partial charge on any atom is 0.0632 e. The van der Waals surface area contributed by atoms with Crippen molar-refractivity contribution >= 4 is 69.4 Å². The number of anilines is 1. The third-order valence-corrected chi connectivity index (χ3v) is 3.45. The zero-order valence-electron chi connectivity index (χ0n) is 7.08. The molecular weight excluding hydrogens is 442 g/mol. The summed E-state index contributed by atoms with van der Waals surface area (Å²) in [6.07, 6.45) is 0. The first-order valence-electron chi connectivity index (χ1n) is 3.72. The molecule has 0 heterocycles. The topological polar surface area (TPSA) is 12.0 Å². The van der Waals surface area contributed by atoms with Gasteiger partial charge in [0.1, 0.15) is 0 Å². The molecule has 1 nitrogen and oxygen atoms in total. The minimum Gasteiger partial charge on any atom is -0.379 e. The van der Waals surface area contributed by atoms with Crippen LogP contribution in [0.3, 0.4) is 0 Å². The van der Waals surface area contributed by atoms with E-state index in [-0.39, 0.29) is 0 Å². The van der Waals surface area contributed by atoms with Gasteiger partial charge in [-0.15, -0.1) is 0 Å². The molecule has 0 aliphatic heterocycles. The number of benzene rings is 1. The first kappa shape index (κ1) is 12.7. The summed E-state index contributed by atoms with van der Waals surface area (Å²) in [5, 5.41) is 3.25. The molecule has 1 aromatic carbocycles. The van der Waals surface area contributed by atoms with E-state index in [1.54, 1.807) is 0 Å². The smallest absolute Gasteiger partial charge is 0.0632 e. The van der Waals surface area contributed by atoms with E-state index in [0.29, 0.717) is 6.54 Å². The van der Waals surface area contributed by atoms with Crippen molar-refractivity contribution in [2.45, 2.75) is 0 Å². The molecule has 0 saturated heterocycles. The van der Waals surface area contributed by atoms with Gasteiger partial charge in [-0.25, -0.2) is 0 Å². The fourth-order valence-electron chi connectivity index (χ4n) is 0.895. The molecule has 1 N–H and O–H groups in total. The Bertz CT molecular complexity index is 339. The lowest BCUT2D eigenvalue weighted by Crippen LogP contribution is -2.02. The summed E-state index contributed by atoms with van der Waals surface area (Å²) in [5.41, 5.74) is 1.02. The fraction of sp³-hybridized carbons (Fsp3) is 0.111. The number of rotatable bonds is 3. The van der Waals surface area contributed by atoms with Gasteiger partial charge in [0.15, 0.2) is 0 Å². The van der Waals surface area contributed by atoms with Crippen LogP contribution in [-0.4, -0.2) is 6.54 Å². The molecule has 0 aliphatic carbocycles. The largest absolute Gasteiger partial charge is 0.379 e. The van der Waals surface area contributed by atoms with E-state index < -0.39 is 0 Å². The van der Waals surface area contributed by atoms with E-state index in [2.05, 4.69) is 75.6 Å². The second kappa shape index (κ2) is 5.68. The monoisotopic (exact) mass is 445 g/mol. The summed E-state index contributed by atoms with van der Waals surface area (Å²) in [5.74, 6) is 0. The summed E-state index contributed by atoms with van der Waals surface area (Å²) < 4.78 is 3.96. The second-order valence-corrected chi connectivity index (χ2v) is 6.36. The molecule has 0 bridgehead atoms. The summed E-state index contributed by atoms with van der Waals surface area (Å²) in [4.78, 5) is 0. The van der Waals surface area contributed by atoms with E-state index in [1.165, 1.54) is 0 Å². The Kier molecular flexibility index (Phi) is 5.17. The van der Waals surface area contributed by atoms with Gasteiger partial charge in [-0.1, -0.05) is 38.4 Å². The highest BCUT2D eigenvalue weighted by Gasteiger charge is 2.05. The Morgan fingerprint density at radius 2 is 1.71 bits per heavy atom. The van der Waals surface area contributed by atoms with Gasteiger partial charge >= 0.3 is 0 Å². The Labute approximate surface area is 117 Å². The molecule has 0 fully saturated rings. The first-order chi connectivity index (χ1) is 6.50. The molecule has 0 aromatic heterocycles. The minimum absolute atomic E-state index is 0.693. The number of nitrogens with one attached hydrogen (secondary N) is 1. The van der Waals surface area contributed by atoms with E-state index in [0.717, 1.165) is 23.6 Å². The highest BCUT2D eigenvalue weighted by atomic mass is 79.9.